The van der Waals surface area contributed by atoms with E-state index in [2.05, 4.69) is 34.5 Å². The minimum atomic E-state index is -0.285. The molecule has 2 rings (SSSR count). The van der Waals surface area contributed by atoms with Gasteiger partial charge in [0.1, 0.15) is 11.8 Å². The number of hydrogen-bond acceptors (Lipinski definition) is 5. The lowest BCUT2D eigenvalue weighted by atomic mass is 10.2. The molecular weight excluding hydrogens is 284 g/mol. The quantitative estimate of drug-likeness (QED) is 0.801. The number of ether oxygens (including phenoxy) is 1. The van der Waals surface area contributed by atoms with Crippen LogP contribution in [-0.2, 0) is 4.74 Å². The number of nitrogens with zero attached hydrogens (tertiary/aromatic N) is 2. The van der Waals surface area contributed by atoms with E-state index in [9.17, 15) is 4.79 Å². The van der Waals surface area contributed by atoms with Crippen molar-refractivity contribution in [1.82, 2.24) is 20.4 Å². The van der Waals surface area contributed by atoms with Gasteiger partial charge in [0.05, 0.1) is 12.9 Å². The van der Waals surface area contributed by atoms with Crippen molar-refractivity contribution < 1.29 is 13.9 Å². The number of likely N-dealkylation sites (N-methyl/N-ethyl adjacent to an activating group) is 2. The first-order valence-electron chi connectivity index (χ1n) is 7.55. The second-order valence-corrected chi connectivity index (χ2v) is 5.77. The fourth-order valence-corrected chi connectivity index (χ4v) is 2.59. The summed E-state index contributed by atoms with van der Waals surface area (Å²) in [4.78, 5) is 16.7. The van der Waals surface area contributed by atoms with Crippen molar-refractivity contribution in [3.05, 3.63) is 24.2 Å². The van der Waals surface area contributed by atoms with Crippen molar-refractivity contribution in [2.45, 2.75) is 12.1 Å². The molecule has 0 radical (unpaired) electrons. The summed E-state index contributed by atoms with van der Waals surface area (Å²) in [6.07, 6.45) is 1.59. The van der Waals surface area contributed by atoms with Crippen molar-refractivity contribution in [1.29, 1.82) is 0 Å². The highest BCUT2D eigenvalue weighted by molar-refractivity contribution is 5.74. The highest BCUT2D eigenvalue weighted by atomic mass is 16.5. The van der Waals surface area contributed by atoms with E-state index in [4.69, 9.17) is 9.15 Å². The van der Waals surface area contributed by atoms with Crippen LogP contribution in [0.3, 0.4) is 0 Å². The Bertz CT molecular complexity index is 452. The van der Waals surface area contributed by atoms with Crippen LogP contribution in [0.5, 0.6) is 0 Å². The number of methoxy groups -OCH3 is 1. The van der Waals surface area contributed by atoms with Crippen LogP contribution in [0.15, 0.2) is 22.8 Å². The molecule has 124 valence electrons. The minimum absolute atomic E-state index is 0.208. The van der Waals surface area contributed by atoms with Gasteiger partial charge in [0.2, 0.25) is 0 Å². The van der Waals surface area contributed by atoms with Crippen molar-refractivity contribution in [3.8, 4) is 0 Å². The topological polar surface area (TPSA) is 70.0 Å². The molecule has 0 aromatic carbocycles. The Morgan fingerprint density at radius 2 is 2.32 bits per heavy atom. The molecule has 2 unspecified atom stereocenters. The Balaban J connectivity index is 1.81. The smallest absolute Gasteiger partial charge is 0.315 e. The highest BCUT2D eigenvalue weighted by Crippen LogP contribution is 2.13. The number of carbonyl (C=O) groups excluding carboxylic acids is 1. The Hall–Kier alpha value is -1.57. The van der Waals surface area contributed by atoms with Gasteiger partial charge >= 0.3 is 6.03 Å². The SMILES string of the molecule is COCC(NC(=O)NCC1CN(C)CCN1C)c1ccco1. The first-order valence-corrected chi connectivity index (χ1v) is 7.55. The molecule has 0 saturated carbocycles. The number of carbonyl (C=O) groups is 1. The molecule has 2 atom stereocenters. The van der Waals surface area contributed by atoms with Crippen LogP contribution >= 0.6 is 0 Å². The molecule has 1 aliphatic rings. The third-order valence-corrected chi connectivity index (χ3v) is 4.00. The van der Waals surface area contributed by atoms with E-state index in [0.29, 0.717) is 25.0 Å². The van der Waals surface area contributed by atoms with Crippen LogP contribution in [0, 0.1) is 0 Å². The maximum absolute atomic E-state index is 12.1. The normalized spacial score (nSPS) is 21.5. The van der Waals surface area contributed by atoms with Gasteiger partial charge in [-0.05, 0) is 26.2 Å². The summed E-state index contributed by atoms with van der Waals surface area (Å²) in [5.41, 5.74) is 0. The van der Waals surface area contributed by atoms with Gasteiger partial charge in [0, 0.05) is 39.3 Å². The third kappa shape index (κ3) is 4.72. The fraction of sp³-hybridized carbons (Fsp3) is 0.667. The van der Waals surface area contributed by atoms with Crippen LogP contribution < -0.4 is 10.6 Å². The lowest BCUT2D eigenvalue weighted by Gasteiger charge is -2.37. The van der Waals surface area contributed by atoms with Crippen LogP contribution in [-0.4, -0.2) is 75.9 Å². The van der Waals surface area contributed by atoms with E-state index in [1.807, 2.05) is 6.07 Å². The van der Waals surface area contributed by atoms with Crippen LogP contribution in [0.25, 0.3) is 0 Å². The van der Waals surface area contributed by atoms with Crippen LogP contribution in [0.1, 0.15) is 11.8 Å². The van der Waals surface area contributed by atoms with Crippen molar-refractivity contribution in [3.63, 3.8) is 0 Å². The average molecular weight is 310 g/mol. The molecule has 2 amide bonds. The molecule has 2 N–H and O–H groups in total. The second kappa shape index (κ2) is 8.17. The predicted octanol–water partition coefficient (Wildman–Crippen LogP) is 0.512. The fourth-order valence-electron chi connectivity index (χ4n) is 2.59. The van der Waals surface area contributed by atoms with E-state index in [-0.39, 0.29) is 12.1 Å². The van der Waals surface area contributed by atoms with E-state index in [1.54, 1.807) is 19.4 Å². The number of urea groups is 1. The largest absolute Gasteiger partial charge is 0.467 e. The van der Waals surface area contributed by atoms with E-state index in [1.165, 1.54) is 0 Å². The molecule has 7 nitrogen and oxygen atoms in total. The summed E-state index contributed by atoms with van der Waals surface area (Å²) in [7, 11) is 5.79. The maximum Gasteiger partial charge on any atom is 0.315 e. The molecule has 0 aliphatic carbocycles. The Morgan fingerprint density at radius 1 is 1.50 bits per heavy atom. The number of amides is 2. The number of nitrogens with one attached hydrogen (secondary N) is 2. The molecule has 22 heavy (non-hydrogen) atoms. The summed E-state index contributed by atoms with van der Waals surface area (Å²) in [6.45, 7) is 4.02. The summed E-state index contributed by atoms with van der Waals surface area (Å²) in [5, 5.41) is 5.82. The zero-order chi connectivity index (χ0) is 15.9. The van der Waals surface area contributed by atoms with E-state index in [0.717, 1.165) is 19.6 Å². The lowest BCUT2D eigenvalue weighted by molar-refractivity contribution is 0.113. The van der Waals surface area contributed by atoms with Crippen molar-refractivity contribution >= 4 is 6.03 Å². The Morgan fingerprint density at radius 3 is 3.00 bits per heavy atom. The first-order chi connectivity index (χ1) is 10.6. The van der Waals surface area contributed by atoms with Gasteiger partial charge in [-0.25, -0.2) is 4.79 Å². The second-order valence-electron chi connectivity index (χ2n) is 5.77. The summed E-state index contributed by atoms with van der Waals surface area (Å²) in [6, 6.07) is 3.46. The Kier molecular flexibility index (Phi) is 6.23. The molecule has 0 spiro atoms. The third-order valence-electron chi connectivity index (χ3n) is 4.00. The zero-order valence-corrected chi connectivity index (χ0v) is 13.5. The number of rotatable bonds is 6. The molecule has 1 aromatic rings. The molecule has 2 heterocycles. The van der Waals surface area contributed by atoms with Crippen molar-refractivity contribution in [2.24, 2.45) is 0 Å². The van der Waals surface area contributed by atoms with Gasteiger partial charge in [0.15, 0.2) is 0 Å². The van der Waals surface area contributed by atoms with Gasteiger partial charge in [-0.2, -0.15) is 0 Å². The standard InChI is InChI=1S/C15H26N4O3/c1-18-6-7-19(2)12(10-18)9-16-15(20)17-13(11-21-3)14-5-4-8-22-14/h4-5,8,12-13H,6-7,9-11H2,1-3H3,(H2,16,17,20). The number of piperazine rings is 1. The molecule has 1 aromatic heterocycles. The number of furan rings is 1. The molecule has 7 heteroatoms. The highest BCUT2D eigenvalue weighted by Gasteiger charge is 2.23. The minimum Gasteiger partial charge on any atom is -0.467 e. The molecule has 0 bridgehead atoms. The molecule has 1 aliphatic heterocycles. The van der Waals surface area contributed by atoms with Gasteiger partial charge in [-0.15, -0.1) is 0 Å². The van der Waals surface area contributed by atoms with Gasteiger partial charge in [-0.3, -0.25) is 4.90 Å². The zero-order valence-electron chi connectivity index (χ0n) is 13.5. The summed E-state index contributed by atoms with van der Waals surface area (Å²) >= 11 is 0. The lowest BCUT2D eigenvalue weighted by Crippen LogP contribution is -2.55. The monoisotopic (exact) mass is 310 g/mol. The van der Waals surface area contributed by atoms with Gasteiger partial charge in [0.25, 0.3) is 0 Å². The van der Waals surface area contributed by atoms with Gasteiger partial charge < -0.3 is 24.7 Å². The van der Waals surface area contributed by atoms with Crippen LogP contribution in [0.2, 0.25) is 0 Å². The summed E-state index contributed by atoms with van der Waals surface area (Å²) in [5.74, 6) is 0.687. The molecule has 1 saturated heterocycles. The molecular formula is C15H26N4O3. The van der Waals surface area contributed by atoms with E-state index >= 15 is 0 Å². The average Bonchev–Trinajstić information content (AvgIpc) is 3.02. The van der Waals surface area contributed by atoms with Gasteiger partial charge in [-0.1, -0.05) is 0 Å². The van der Waals surface area contributed by atoms with Crippen molar-refractivity contribution in [2.75, 3.05) is 54.0 Å². The summed E-state index contributed by atoms with van der Waals surface area (Å²) < 4.78 is 10.5. The maximum atomic E-state index is 12.1. The molecule has 1 fully saturated rings. The first kappa shape index (κ1) is 16.8. The van der Waals surface area contributed by atoms with E-state index < -0.39 is 0 Å². The van der Waals surface area contributed by atoms with Crippen LogP contribution in [0.4, 0.5) is 4.79 Å². The number of hydrogen-bond donors (Lipinski definition) is 2. The predicted molar refractivity (Wildman–Crippen MR) is 83.8 cm³/mol. The Labute approximate surface area is 131 Å².